The number of aromatic nitrogens is 1. The molecule has 2 aromatic rings. The van der Waals surface area contributed by atoms with Gasteiger partial charge >= 0.3 is 6.03 Å². The van der Waals surface area contributed by atoms with Gasteiger partial charge in [0.25, 0.3) is 0 Å². The molecule has 5 nitrogen and oxygen atoms in total. The van der Waals surface area contributed by atoms with Crippen molar-refractivity contribution < 1.29 is 14.3 Å². The number of para-hydroxylation sites is 1. The smallest absolute Gasteiger partial charge is 0.319 e. The number of benzene rings is 1. The van der Waals surface area contributed by atoms with Gasteiger partial charge in [0.05, 0.1) is 11.8 Å². The monoisotopic (exact) mass is 291 g/mol. The molecule has 6 heteroatoms. The van der Waals surface area contributed by atoms with Gasteiger partial charge in [-0.2, -0.15) is 0 Å². The van der Waals surface area contributed by atoms with Gasteiger partial charge in [-0.05, 0) is 30.7 Å². The minimum atomic E-state index is -0.654. The average molecular weight is 291 g/mol. The Labute approximate surface area is 122 Å². The van der Waals surface area contributed by atoms with E-state index in [1.807, 2.05) is 29.9 Å². The third-order valence-corrected chi connectivity index (χ3v) is 3.15. The summed E-state index contributed by atoms with van der Waals surface area (Å²) in [5.41, 5.74) is 0.907. The lowest BCUT2D eigenvalue weighted by molar-refractivity contribution is 0.159. The van der Waals surface area contributed by atoms with E-state index in [2.05, 4.69) is 10.6 Å². The molecule has 0 aliphatic heterocycles. The molecule has 0 bridgehead atoms. The first kappa shape index (κ1) is 15.1. The van der Waals surface area contributed by atoms with E-state index in [1.165, 1.54) is 12.1 Å². The fraction of sp³-hybridized carbons (Fsp3) is 0.267. The number of aliphatic hydroxyl groups is 1. The van der Waals surface area contributed by atoms with Crippen molar-refractivity contribution in [2.24, 2.45) is 7.05 Å². The Bertz CT molecular complexity index is 612. The highest BCUT2D eigenvalue weighted by Crippen LogP contribution is 2.15. The molecule has 0 aliphatic rings. The SMILES string of the molecule is Cn1cccc1[C@H](O)CCNC(=O)Nc1ccccc1F. The van der Waals surface area contributed by atoms with Crippen LogP contribution in [0, 0.1) is 5.82 Å². The van der Waals surface area contributed by atoms with Crippen LogP contribution in [0.25, 0.3) is 0 Å². The quantitative estimate of drug-likeness (QED) is 0.792. The molecule has 3 N–H and O–H groups in total. The Morgan fingerprint density at radius 2 is 2.10 bits per heavy atom. The first-order chi connectivity index (χ1) is 10.1. The van der Waals surface area contributed by atoms with Crippen molar-refractivity contribution in [1.29, 1.82) is 0 Å². The summed E-state index contributed by atoms with van der Waals surface area (Å²) >= 11 is 0. The summed E-state index contributed by atoms with van der Waals surface area (Å²) in [5.74, 6) is -0.489. The van der Waals surface area contributed by atoms with Gasteiger partial charge in [0.1, 0.15) is 5.82 Å². The van der Waals surface area contributed by atoms with E-state index in [9.17, 15) is 14.3 Å². The highest BCUT2D eigenvalue weighted by atomic mass is 19.1. The van der Waals surface area contributed by atoms with Crippen LogP contribution in [0.4, 0.5) is 14.9 Å². The van der Waals surface area contributed by atoms with Crippen LogP contribution >= 0.6 is 0 Å². The fourth-order valence-electron chi connectivity index (χ4n) is 2.02. The maximum absolute atomic E-state index is 13.3. The van der Waals surface area contributed by atoms with Crippen molar-refractivity contribution in [3.63, 3.8) is 0 Å². The number of hydrogen-bond acceptors (Lipinski definition) is 2. The van der Waals surface area contributed by atoms with Crippen LogP contribution in [0.2, 0.25) is 0 Å². The molecule has 1 aromatic heterocycles. The van der Waals surface area contributed by atoms with Crippen LogP contribution in [0.5, 0.6) is 0 Å². The van der Waals surface area contributed by atoms with Crippen LogP contribution in [0.1, 0.15) is 18.2 Å². The van der Waals surface area contributed by atoms with E-state index in [0.29, 0.717) is 6.42 Å². The summed E-state index contributed by atoms with van der Waals surface area (Å²) < 4.78 is 15.2. The highest BCUT2D eigenvalue weighted by Gasteiger charge is 2.11. The third-order valence-electron chi connectivity index (χ3n) is 3.15. The summed E-state index contributed by atoms with van der Waals surface area (Å²) in [5, 5.41) is 15.0. The van der Waals surface area contributed by atoms with E-state index >= 15 is 0 Å². The molecule has 112 valence electrons. The van der Waals surface area contributed by atoms with E-state index in [1.54, 1.807) is 12.1 Å². The van der Waals surface area contributed by atoms with E-state index in [4.69, 9.17) is 0 Å². The molecular formula is C15H18FN3O2. The number of aliphatic hydroxyl groups excluding tert-OH is 1. The van der Waals surface area contributed by atoms with Gasteiger partial charge in [0.2, 0.25) is 0 Å². The van der Waals surface area contributed by atoms with Crippen molar-refractivity contribution in [1.82, 2.24) is 9.88 Å². The summed E-state index contributed by atoms with van der Waals surface area (Å²) in [6.07, 6.45) is 1.57. The molecule has 2 rings (SSSR count). The molecule has 0 radical (unpaired) electrons. The summed E-state index contributed by atoms with van der Waals surface area (Å²) in [4.78, 5) is 11.6. The van der Waals surface area contributed by atoms with E-state index in [0.717, 1.165) is 5.69 Å². The maximum Gasteiger partial charge on any atom is 0.319 e. The fourth-order valence-corrected chi connectivity index (χ4v) is 2.02. The number of carbonyl (C=O) groups is 1. The minimum absolute atomic E-state index is 0.123. The highest BCUT2D eigenvalue weighted by molar-refractivity contribution is 5.89. The number of halogens is 1. The van der Waals surface area contributed by atoms with E-state index < -0.39 is 18.0 Å². The molecule has 0 unspecified atom stereocenters. The van der Waals surface area contributed by atoms with Crippen molar-refractivity contribution in [2.45, 2.75) is 12.5 Å². The Balaban J connectivity index is 1.77. The zero-order chi connectivity index (χ0) is 15.2. The van der Waals surface area contributed by atoms with Crippen molar-refractivity contribution >= 4 is 11.7 Å². The lowest BCUT2D eigenvalue weighted by Gasteiger charge is -2.13. The number of urea groups is 1. The first-order valence-electron chi connectivity index (χ1n) is 6.66. The summed E-state index contributed by atoms with van der Waals surface area (Å²) in [7, 11) is 1.84. The van der Waals surface area contributed by atoms with Crippen molar-refractivity contribution in [3.8, 4) is 0 Å². The van der Waals surface area contributed by atoms with Gasteiger partial charge in [-0.25, -0.2) is 9.18 Å². The number of nitrogens with one attached hydrogen (secondary N) is 2. The molecular weight excluding hydrogens is 273 g/mol. The molecule has 1 aromatic carbocycles. The molecule has 0 saturated carbocycles. The first-order valence-corrected chi connectivity index (χ1v) is 6.66. The topological polar surface area (TPSA) is 66.3 Å². The maximum atomic E-state index is 13.3. The van der Waals surface area contributed by atoms with Crippen LogP contribution in [0.3, 0.4) is 0 Å². The second kappa shape index (κ2) is 6.90. The average Bonchev–Trinajstić information content (AvgIpc) is 2.87. The third kappa shape index (κ3) is 4.06. The lowest BCUT2D eigenvalue weighted by atomic mass is 10.2. The van der Waals surface area contributed by atoms with Gasteiger partial charge in [-0.15, -0.1) is 0 Å². The van der Waals surface area contributed by atoms with Gasteiger partial charge in [-0.3, -0.25) is 0 Å². The zero-order valence-corrected chi connectivity index (χ0v) is 11.7. The normalized spacial score (nSPS) is 12.0. The number of hydrogen-bond donors (Lipinski definition) is 3. The minimum Gasteiger partial charge on any atom is -0.387 e. The lowest BCUT2D eigenvalue weighted by Crippen LogP contribution is -2.30. The Morgan fingerprint density at radius 1 is 1.33 bits per heavy atom. The van der Waals surface area contributed by atoms with Gasteiger partial charge in [0.15, 0.2) is 0 Å². The van der Waals surface area contributed by atoms with Gasteiger partial charge < -0.3 is 20.3 Å². The van der Waals surface area contributed by atoms with Gasteiger partial charge in [0, 0.05) is 25.5 Å². The molecule has 1 atom stereocenters. The zero-order valence-electron chi connectivity index (χ0n) is 11.7. The van der Waals surface area contributed by atoms with Crippen LogP contribution in [-0.4, -0.2) is 22.2 Å². The molecule has 0 aliphatic carbocycles. The number of carbonyl (C=O) groups excluding carboxylic acids is 1. The van der Waals surface area contributed by atoms with Crippen LogP contribution in [0.15, 0.2) is 42.6 Å². The number of rotatable bonds is 5. The predicted molar refractivity (Wildman–Crippen MR) is 78.4 cm³/mol. The van der Waals surface area contributed by atoms with Gasteiger partial charge in [-0.1, -0.05) is 12.1 Å². The molecule has 2 amide bonds. The molecule has 0 saturated heterocycles. The largest absolute Gasteiger partial charge is 0.387 e. The summed E-state index contributed by atoms with van der Waals surface area (Å²) in [6, 6.07) is 9.11. The molecule has 0 fully saturated rings. The summed E-state index contributed by atoms with van der Waals surface area (Å²) in [6.45, 7) is 0.284. The molecule has 0 spiro atoms. The number of aryl methyl sites for hydroxylation is 1. The van der Waals surface area contributed by atoms with Crippen molar-refractivity contribution in [3.05, 3.63) is 54.1 Å². The number of amides is 2. The molecule has 1 heterocycles. The van der Waals surface area contributed by atoms with Crippen molar-refractivity contribution in [2.75, 3.05) is 11.9 Å². The Hall–Kier alpha value is -2.34. The predicted octanol–water partition coefficient (Wildman–Crippen LogP) is 2.41. The standard InChI is InChI=1S/C15H18FN3O2/c1-19-10-4-7-13(19)14(20)8-9-17-15(21)18-12-6-3-2-5-11(12)16/h2-7,10,14,20H,8-9H2,1H3,(H2,17,18,21)/t14-/m1/s1. The van der Waals surface area contributed by atoms with Crippen LogP contribution < -0.4 is 10.6 Å². The number of anilines is 1. The second-order valence-electron chi connectivity index (χ2n) is 4.71. The second-order valence-corrected chi connectivity index (χ2v) is 4.71. The van der Waals surface area contributed by atoms with Crippen LogP contribution in [-0.2, 0) is 7.05 Å². The van der Waals surface area contributed by atoms with E-state index in [-0.39, 0.29) is 12.2 Å². The Morgan fingerprint density at radius 3 is 2.76 bits per heavy atom. The Kier molecular flexibility index (Phi) is 4.94. The number of nitrogens with zero attached hydrogens (tertiary/aromatic N) is 1. The molecule has 21 heavy (non-hydrogen) atoms.